The third-order valence-corrected chi connectivity index (χ3v) is 1.94. The predicted molar refractivity (Wildman–Crippen MR) is 57.2 cm³/mol. The second-order valence-corrected chi connectivity index (χ2v) is 2.91. The van der Waals surface area contributed by atoms with Gasteiger partial charge in [0.2, 0.25) is 0 Å². The lowest BCUT2D eigenvalue weighted by molar-refractivity contribution is -0.388. The average Bonchev–Trinajstić information content (AvgIpc) is 2.30. The fraction of sp³-hybridized carbons (Fsp3) is 0.444. The van der Waals surface area contributed by atoms with Crippen molar-refractivity contribution in [1.82, 2.24) is 4.98 Å². The molecule has 0 aliphatic heterocycles. The van der Waals surface area contributed by atoms with Crippen LogP contribution in [0.25, 0.3) is 0 Å². The second-order valence-electron chi connectivity index (χ2n) is 2.91. The molecule has 0 unspecified atom stereocenters. The molecule has 0 aliphatic rings. The number of methoxy groups -OCH3 is 2. The van der Waals surface area contributed by atoms with Crippen molar-refractivity contribution in [3.63, 3.8) is 0 Å². The number of pyridine rings is 1. The van der Waals surface area contributed by atoms with Crippen molar-refractivity contribution < 1.29 is 14.4 Å². The number of nitrogens with one attached hydrogen (secondary N) is 1. The molecule has 0 fully saturated rings. The number of hydrogen-bond acceptors (Lipinski definition) is 6. The lowest BCUT2D eigenvalue weighted by Gasteiger charge is -2.14. The molecule has 0 atom stereocenters. The largest absolute Gasteiger partial charge is 0.386 e. The van der Waals surface area contributed by atoms with Crippen molar-refractivity contribution in [1.29, 1.82) is 0 Å². The Kier molecular flexibility index (Phi) is 4.62. The lowest BCUT2D eigenvalue weighted by Crippen LogP contribution is -2.24. The number of aromatic nitrogens is 1. The van der Waals surface area contributed by atoms with Gasteiger partial charge in [-0.1, -0.05) is 0 Å². The molecular weight excluding hydrogens is 214 g/mol. The lowest BCUT2D eigenvalue weighted by atomic mass is 10.4. The van der Waals surface area contributed by atoms with E-state index in [-0.39, 0.29) is 5.82 Å². The minimum atomic E-state index is -0.545. The zero-order valence-corrected chi connectivity index (χ0v) is 9.04. The van der Waals surface area contributed by atoms with Gasteiger partial charge in [-0.2, -0.15) is 0 Å². The monoisotopic (exact) mass is 227 g/mol. The molecule has 0 aromatic carbocycles. The molecular formula is C9H13N3O4. The van der Waals surface area contributed by atoms with Gasteiger partial charge in [-0.15, -0.1) is 0 Å². The summed E-state index contributed by atoms with van der Waals surface area (Å²) in [6.45, 7) is 0.305. The minimum Gasteiger partial charge on any atom is -0.373 e. The molecule has 0 radical (unpaired) electrons. The van der Waals surface area contributed by atoms with Gasteiger partial charge in [-0.3, -0.25) is 0 Å². The third kappa shape index (κ3) is 3.14. The number of nitro groups is 1. The van der Waals surface area contributed by atoms with Gasteiger partial charge in [0, 0.05) is 14.2 Å². The van der Waals surface area contributed by atoms with Gasteiger partial charge in [0.05, 0.1) is 6.54 Å². The fourth-order valence-electron chi connectivity index (χ4n) is 1.14. The molecule has 0 bridgehead atoms. The molecule has 0 saturated carbocycles. The van der Waals surface area contributed by atoms with Crippen LogP contribution in [0, 0.1) is 10.1 Å². The van der Waals surface area contributed by atoms with Crippen molar-refractivity contribution >= 4 is 11.5 Å². The molecule has 7 heteroatoms. The zero-order chi connectivity index (χ0) is 12.0. The van der Waals surface area contributed by atoms with Gasteiger partial charge in [-0.05, 0) is 22.0 Å². The molecule has 1 aromatic rings. The quantitative estimate of drug-likeness (QED) is 0.443. The molecule has 16 heavy (non-hydrogen) atoms. The Hall–Kier alpha value is -1.73. The molecule has 1 heterocycles. The van der Waals surface area contributed by atoms with Crippen LogP contribution in [0.3, 0.4) is 0 Å². The number of hydrogen-bond donors (Lipinski definition) is 1. The van der Waals surface area contributed by atoms with Crippen LogP contribution in [0.1, 0.15) is 0 Å². The Bertz CT molecular complexity index is 354. The second kappa shape index (κ2) is 5.99. The Morgan fingerprint density at radius 3 is 2.81 bits per heavy atom. The first kappa shape index (κ1) is 12.3. The molecule has 1 N–H and O–H groups in total. The molecule has 0 saturated heterocycles. The summed E-state index contributed by atoms with van der Waals surface area (Å²) in [5, 5.41) is 13.5. The highest BCUT2D eigenvalue weighted by Crippen LogP contribution is 2.19. The third-order valence-electron chi connectivity index (χ3n) is 1.94. The Morgan fingerprint density at radius 1 is 1.56 bits per heavy atom. The van der Waals surface area contributed by atoms with E-state index in [4.69, 9.17) is 9.47 Å². The van der Waals surface area contributed by atoms with Gasteiger partial charge in [-0.25, -0.2) is 0 Å². The maximum absolute atomic E-state index is 10.6. The average molecular weight is 227 g/mol. The maximum atomic E-state index is 10.6. The molecule has 88 valence electrons. The van der Waals surface area contributed by atoms with Crippen LogP contribution in [0.15, 0.2) is 18.3 Å². The summed E-state index contributed by atoms with van der Waals surface area (Å²) in [6, 6.07) is 3.19. The van der Waals surface area contributed by atoms with Crippen molar-refractivity contribution in [3.8, 4) is 0 Å². The zero-order valence-electron chi connectivity index (χ0n) is 9.04. The van der Waals surface area contributed by atoms with Crippen molar-refractivity contribution in [2.24, 2.45) is 0 Å². The molecule has 1 aromatic heterocycles. The van der Waals surface area contributed by atoms with Crippen LogP contribution in [0.2, 0.25) is 0 Å². The summed E-state index contributed by atoms with van der Waals surface area (Å²) in [5.41, 5.74) is 0.339. The first-order valence-corrected chi connectivity index (χ1v) is 4.58. The van der Waals surface area contributed by atoms with E-state index in [1.807, 2.05) is 0 Å². The van der Waals surface area contributed by atoms with E-state index in [1.165, 1.54) is 20.4 Å². The van der Waals surface area contributed by atoms with Crippen LogP contribution in [-0.2, 0) is 9.47 Å². The van der Waals surface area contributed by atoms with E-state index in [0.717, 1.165) is 0 Å². The Labute approximate surface area is 92.5 Å². The molecule has 1 rings (SSSR count). The number of rotatable bonds is 6. The van der Waals surface area contributed by atoms with Crippen molar-refractivity contribution in [2.45, 2.75) is 6.29 Å². The summed E-state index contributed by atoms with van der Waals surface area (Å²) in [5.74, 6) is -0.214. The van der Waals surface area contributed by atoms with E-state index in [9.17, 15) is 10.1 Å². The van der Waals surface area contributed by atoms with Gasteiger partial charge < -0.3 is 24.9 Å². The topological polar surface area (TPSA) is 86.5 Å². The smallest absolute Gasteiger partial charge is 0.373 e. The van der Waals surface area contributed by atoms with Gasteiger partial charge in [0.15, 0.2) is 6.29 Å². The highest BCUT2D eigenvalue weighted by atomic mass is 16.7. The molecule has 0 spiro atoms. The summed E-state index contributed by atoms with van der Waals surface area (Å²) in [4.78, 5) is 13.8. The molecule has 7 nitrogen and oxygen atoms in total. The van der Waals surface area contributed by atoms with E-state index in [1.54, 1.807) is 12.1 Å². The number of nitrogens with zero attached hydrogens (tertiary/aromatic N) is 2. The maximum Gasteiger partial charge on any atom is 0.386 e. The highest BCUT2D eigenvalue weighted by Gasteiger charge is 2.15. The van der Waals surface area contributed by atoms with E-state index >= 15 is 0 Å². The summed E-state index contributed by atoms with van der Waals surface area (Å²) in [7, 11) is 2.99. The van der Waals surface area contributed by atoms with E-state index in [0.29, 0.717) is 12.2 Å². The number of anilines is 1. The predicted octanol–water partition coefficient (Wildman–Crippen LogP) is 1.02. The first-order chi connectivity index (χ1) is 7.69. The minimum absolute atomic E-state index is 0.214. The van der Waals surface area contributed by atoms with Crippen LogP contribution >= 0.6 is 0 Å². The van der Waals surface area contributed by atoms with Crippen LogP contribution in [0.4, 0.5) is 11.5 Å². The van der Waals surface area contributed by atoms with Crippen LogP contribution < -0.4 is 5.32 Å². The van der Waals surface area contributed by atoms with Gasteiger partial charge in [0.25, 0.3) is 0 Å². The summed E-state index contributed by atoms with van der Waals surface area (Å²) in [6.07, 6.45) is 0.910. The van der Waals surface area contributed by atoms with Gasteiger partial charge in [0.1, 0.15) is 11.9 Å². The van der Waals surface area contributed by atoms with Crippen LogP contribution in [-0.4, -0.2) is 37.0 Å². The molecule has 0 amide bonds. The number of ether oxygens (including phenoxy) is 2. The van der Waals surface area contributed by atoms with Gasteiger partial charge >= 0.3 is 5.82 Å². The normalized spacial score (nSPS) is 10.4. The Morgan fingerprint density at radius 2 is 2.25 bits per heavy atom. The first-order valence-electron chi connectivity index (χ1n) is 4.58. The molecule has 0 aliphatic carbocycles. The van der Waals surface area contributed by atoms with Crippen molar-refractivity contribution in [3.05, 3.63) is 28.4 Å². The van der Waals surface area contributed by atoms with Crippen molar-refractivity contribution in [2.75, 3.05) is 26.1 Å². The highest BCUT2D eigenvalue weighted by molar-refractivity contribution is 5.56. The standard InChI is InChI=1S/C9H13N3O4/c1-15-8(16-2)6-11-7-4-3-5-10-9(7)12(13)14/h3-5,8,11H,6H2,1-2H3. The van der Waals surface area contributed by atoms with E-state index in [2.05, 4.69) is 10.3 Å². The van der Waals surface area contributed by atoms with Crippen LogP contribution in [0.5, 0.6) is 0 Å². The van der Waals surface area contributed by atoms with E-state index < -0.39 is 11.2 Å². The SMILES string of the molecule is COC(CNc1cccnc1[N+](=O)[O-])OC. The fourth-order valence-corrected chi connectivity index (χ4v) is 1.14. The summed E-state index contributed by atoms with van der Waals surface area (Å²) < 4.78 is 9.89. The Balaban J connectivity index is 2.69. The summed E-state index contributed by atoms with van der Waals surface area (Å²) >= 11 is 0.